The molecule has 0 aromatic carbocycles. The molecule has 0 fully saturated rings. The van der Waals surface area contributed by atoms with Crippen molar-refractivity contribution >= 4 is 39.5 Å². The minimum Gasteiger partial charge on any atom is -0.462 e. The van der Waals surface area contributed by atoms with Crippen molar-refractivity contribution in [2.24, 2.45) is 11.8 Å². The molecule has 570 valence electrons. The normalized spacial score (nSPS) is 14.0. The molecule has 0 heterocycles. The summed E-state index contributed by atoms with van der Waals surface area (Å²) in [6.45, 7) is 9.53. The molecule has 19 heteroatoms. The minimum absolute atomic E-state index is 0.104. The lowest BCUT2D eigenvalue weighted by Gasteiger charge is -2.21. The average Bonchev–Trinajstić information content (AvgIpc) is 2.90. The molecule has 96 heavy (non-hydrogen) atoms. The van der Waals surface area contributed by atoms with E-state index in [1.807, 2.05) is 0 Å². The van der Waals surface area contributed by atoms with Crippen LogP contribution in [0, 0.1) is 11.8 Å². The van der Waals surface area contributed by atoms with E-state index in [-0.39, 0.29) is 25.7 Å². The fourth-order valence-corrected chi connectivity index (χ4v) is 13.4. The molecule has 3 N–H and O–H groups in total. The van der Waals surface area contributed by atoms with Crippen LogP contribution in [0.4, 0.5) is 0 Å². The lowest BCUT2D eigenvalue weighted by molar-refractivity contribution is -0.161. The van der Waals surface area contributed by atoms with Gasteiger partial charge in [0.05, 0.1) is 26.4 Å². The maximum Gasteiger partial charge on any atom is 0.472 e. The van der Waals surface area contributed by atoms with Crippen molar-refractivity contribution in [1.29, 1.82) is 0 Å². The number of phosphoric acid groups is 2. The van der Waals surface area contributed by atoms with Gasteiger partial charge in [-0.15, -0.1) is 0 Å². The van der Waals surface area contributed by atoms with Crippen molar-refractivity contribution in [3.8, 4) is 0 Å². The summed E-state index contributed by atoms with van der Waals surface area (Å²) in [6.07, 6.45) is 57.2. The van der Waals surface area contributed by atoms with Crippen LogP contribution in [0.1, 0.15) is 401 Å². The van der Waals surface area contributed by atoms with E-state index in [1.165, 1.54) is 218 Å². The van der Waals surface area contributed by atoms with Gasteiger partial charge in [0.1, 0.15) is 19.3 Å². The molecule has 0 aliphatic heterocycles. The molecule has 2 unspecified atom stereocenters. The third kappa shape index (κ3) is 70.5. The summed E-state index contributed by atoms with van der Waals surface area (Å²) < 4.78 is 68.5. The molecule has 0 rings (SSSR count). The lowest BCUT2D eigenvalue weighted by atomic mass is 10.0. The van der Waals surface area contributed by atoms with Gasteiger partial charge in [-0.2, -0.15) is 0 Å². The molecule has 0 aromatic rings. The Labute approximate surface area is 588 Å². The molecule has 0 saturated carbocycles. The summed E-state index contributed by atoms with van der Waals surface area (Å²) in [6, 6.07) is 0. The topological polar surface area (TPSA) is 237 Å². The van der Waals surface area contributed by atoms with E-state index in [1.54, 1.807) is 0 Å². The van der Waals surface area contributed by atoms with Crippen LogP contribution in [0.3, 0.4) is 0 Å². The first-order chi connectivity index (χ1) is 46.4. The molecule has 0 bridgehead atoms. The average molecular weight is 1410 g/mol. The van der Waals surface area contributed by atoms with Crippen LogP contribution in [0.25, 0.3) is 0 Å². The van der Waals surface area contributed by atoms with Crippen LogP contribution in [-0.4, -0.2) is 96.7 Å². The minimum atomic E-state index is -4.96. The summed E-state index contributed by atoms with van der Waals surface area (Å²) in [4.78, 5) is 72.7. The highest BCUT2D eigenvalue weighted by molar-refractivity contribution is 7.47. The van der Waals surface area contributed by atoms with Gasteiger partial charge in [-0.1, -0.05) is 350 Å². The molecule has 0 spiro atoms. The first kappa shape index (κ1) is 94.1. The molecule has 17 nitrogen and oxygen atoms in total. The molecule has 0 amide bonds. The van der Waals surface area contributed by atoms with Crippen molar-refractivity contribution in [1.82, 2.24) is 0 Å². The highest BCUT2D eigenvalue weighted by Crippen LogP contribution is 2.45. The third-order valence-electron chi connectivity index (χ3n) is 18.0. The van der Waals surface area contributed by atoms with E-state index in [0.29, 0.717) is 31.6 Å². The number of aliphatic hydroxyl groups excluding tert-OH is 1. The van der Waals surface area contributed by atoms with Gasteiger partial charge in [-0.25, -0.2) is 9.13 Å². The van der Waals surface area contributed by atoms with E-state index in [0.717, 1.165) is 95.8 Å². The molecule has 0 aliphatic rings. The number of carbonyl (C=O) groups is 4. The first-order valence-corrected chi connectivity index (χ1v) is 43.0. The van der Waals surface area contributed by atoms with Gasteiger partial charge in [0.25, 0.3) is 0 Å². The fourth-order valence-electron chi connectivity index (χ4n) is 11.8. The summed E-state index contributed by atoms with van der Waals surface area (Å²) in [7, 11) is -9.91. The van der Waals surface area contributed by atoms with Gasteiger partial charge in [0.2, 0.25) is 0 Å². The third-order valence-corrected chi connectivity index (χ3v) is 19.9. The predicted molar refractivity (Wildman–Crippen MR) is 391 cm³/mol. The van der Waals surface area contributed by atoms with Gasteiger partial charge in [-0.3, -0.25) is 37.3 Å². The van der Waals surface area contributed by atoms with Crippen LogP contribution in [0.15, 0.2) is 0 Å². The number of rotatable bonds is 76. The Balaban J connectivity index is 5.17. The van der Waals surface area contributed by atoms with Crippen molar-refractivity contribution in [2.45, 2.75) is 419 Å². The van der Waals surface area contributed by atoms with E-state index in [2.05, 4.69) is 41.5 Å². The number of carbonyl (C=O) groups excluding carboxylic acids is 4. The number of phosphoric ester groups is 2. The molecule has 0 radical (unpaired) electrons. The summed E-state index contributed by atoms with van der Waals surface area (Å²) in [5, 5.41) is 10.6. The predicted octanol–water partition coefficient (Wildman–Crippen LogP) is 22.7. The van der Waals surface area contributed by atoms with Crippen LogP contribution in [0.5, 0.6) is 0 Å². The van der Waals surface area contributed by atoms with Crippen molar-refractivity contribution in [3.63, 3.8) is 0 Å². The van der Waals surface area contributed by atoms with E-state index in [9.17, 15) is 43.2 Å². The maximum atomic E-state index is 13.1. The zero-order chi connectivity index (χ0) is 70.7. The zero-order valence-corrected chi connectivity index (χ0v) is 64.5. The molecular weight excluding hydrogens is 1260 g/mol. The first-order valence-electron chi connectivity index (χ1n) is 40.0. The Kier molecular flexibility index (Phi) is 67.4. The van der Waals surface area contributed by atoms with Crippen molar-refractivity contribution in [2.75, 3.05) is 39.6 Å². The summed E-state index contributed by atoms with van der Waals surface area (Å²) in [5.74, 6) is -0.652. The Morgan fingerprint density at radius 3 is 0.708 bits per heavy atom. The Morgan fingerprint density at radius 1 is 0.281 bits per heavy atom. The largest absolute Gasteiger partial charge is 0.472 e. The smallest absolute Gasteiger partial charge is 0.462 e. The Hall–Kier alpha value is -1.94. The number of unbranched alkanes of at least 4 members (excludes halogenated alkanes) is 46. The summed E-state index contributed by atoms with van der Waals surface area (Å²) in [5.41, 5.74) is 0. The molecule has 5 atom stereocenters. The standard InChI is InChI=1S/C77H150O17P2/c1-7-9-11-13-15-17-19-20-21-22-23-24-25-26-27-28-29-32-37-43-49-55-61-76(81)93-72(65-88-75(80)60-54-48-42-36-33-30-31-34-39-45-51-57-69(3)4)67-91-95(83,84)89-63-71(78)64-90-96(85,86)92-68-73(94-77(82)62-56-50-44-38-40-46-52-58-70(5)6)66-87-74(79)59-53-47-41-35-18-16-14-12-10-8-2/h69-73,78H,7-68H2,1-6H3,(H,83,84)(H,85,86)/t71-,72-,73-/m1/s1. The zero-order valence-electron chi connectivity index (χ0n) is 62.7. The van der Waals surface area contributed by atoms with Crippen LogP contribution in [-0.2, 0) is 65.4 Å². The highest BCUT2D eigenvalue weighted by Gasteiger charge is 2.30. The molecule has 0 aliphatic carbocycles. The maximum absolute atomic E-state index is 13.1. The molecule has 0 aromatic heterocycles. The highest BCUT2D eigenvalue weighted by atomic mass is 31.2. The molecule has 0 saturated heterocycles. The van der Waals surface area contributed by atoms with Gasteiger partial charge in [-0.05, 0) is 37.5 Å². The number of aliphatic hydroxyl groups is 1. The monoisotopic (exact) mass is 1410 g/mol. The van der Waals surface area contributed by atoms with Gasteiger partial charge < -0.3 is 33.8 Å². The SMILES string of the molecule is CCCCCCCCCCCCCCCCCCCCCCCCC(=O)O[C@H](COC(=O)CCCCCCCCCCCCCC(C)C)COP(=O)(O)OC[C@@H](O)COP(=O)(O)OC[C@@H](COC(=O)CCCCCCCCCCCC)OC(=O)CCCCCCCCCC(C)C. The number of ether oxygens (including phenoxy) is 4. The lowest BCUT2D eigenvalue weighted by Crippen LogP contribution is -2.30. The van der Waals surface area contributed by atoms with Gasteiger partial charge >= 0.3 is 39.5 Å². The van der Waals surface area contributed by atoms with Crippen LogP contribution >= 0.6 is 15.6 Å². The Bertz CT molecular complexity index is 1860. The summed E-state index contributed by atoms with van der Waals surface area (Å²) >= 11 is 0. The van der Waals surface area contributed by atoms with E-state index in [4.69, 9.17) is 37.0 Å². The Morgan fingerprint density at radius 2 is 0.479 bits per heavy atom. The van der Waals surface area contributed by atoms with Crippen LogP contribution < -0.4 is 0 Å². The van der Waals surface area contributed by atoms with Gasteiger partial charge in [0, 0.05) is 25.7 Å². The second kappa shape index (κ2) is 68.8. The van der Waals surface area contributed by atoms with Crippen molar-refractivity contribution in [3.05, 3.63) is 0 Å². The molecular formula is C77H150O17P2. The second-order valence-corrected chi connectivity index (χ2v) is 31.6. The van der Waals surface area contributed by atoms with E-state index < -0.39 is 97.5 Å². The van der Waals surface area contributed by atoms with E-state index >= 15 is 0 Å². The van der Waals surface area contributed by atoms with Crippen molar-refractivity contribution < 1.29 is 80.2 Å². The second-order valence-electron chi connectivity index (χ2n) is 28.7. The number of hydrogen-bond donors (Lipinski definition) is 3. The number of hydrogen-bond acceptors (Lipinski definition) is 15. The number of esters is 4. The quantitative estimate of drug-likeness (QED) is 0.0222. The van der Waals surface area contributed by atoms with Crippen LogP contribution in [0.2, 0.25) is 0 Å². The fraction of sp³-hybridized carbons (Fsp3) is 0.948. The van der Waals surface area contributed by atoms with Gasteiger partial charge in [0.15, 0.2) is 12.2 Å².